The topological polar surface area (TPSA) is 43.4 Å². The van der Waals surface area contributed by atoms with Gasteiger partial charge in [-0.05, 0) is 17.9 Å². The zero-order valence-electron chi connectivity index (χ0n) is 11.6. The quantitative estimate of drug-likeness (QED) is 0.626. The van der Waals surface area contributed by atoms with Gasteiger partial charge in [-0.2, -0.15) is 0 Å². The number of cyclic esters (lactones) is 1. The first-order valence-electron chi connectivity index (χ1n) is 7.55. The summed E-state index contributed by atoms with van der Waals surface area (Å²) in [7, 11) is 0. The average Bonchev–Trinajstić information content (AvgIpc) is 2.76. The van der Waals surface area contributed by atoms with Crippen LogP contribution >= 0.6 is 0 Å². The predicted molar refractivity (Wildman–Crippen MR) is 75.3 cm³/mol. The third kappa shape index (κ3) is 2.62. The minimum absolute atomic E-state index is 0.263. The molecule has 2 atom stereocenters. The second kappa shape index (κ2) is 5.78. The van der Waals surface area contributed by atoms with E-state index in [9.17, 15) is 9.59 Å². The summed E-state index contributed by atoms with van der Waals surface area (Å²) in [6, 6.07) is 9.56. The van der Waals surface area contributed by atoms with Crippen LogP contribution in [-0.4, -0.2) is 17.9 Å². The molecular formula is C17H20O3. The fraction of sp³-hybridized carbons (Fsp3) is 0.529. The normalized spacial score (nSPS) is 27.6. The summed E-state index contributed by atoms with van der Waals surface area (Å²) in [5.41, 5.74) is 0.907. The molecule has 2 fully saturated rings. The van der Waals surface area contributed by atoms with Crippen molar-refractivity contribution < 1.29 is 14.3 Å². The van der Waals surface area contributed by atoms with Gasteiger partial charge in [-0.3, -0.25) is 4.79 Å². The molecule has 0 radical (unpaired) electrons. The third-order valence-corrected chi connectivity index (χ3v) is 4.56. The molecule has 0 spiro atoms. The number of Topliss-reactive ketones (excluding diaryl/α,β-unsaturated/α-hetero) is 1. The summed E-state index contributed by atoms with van der Waals surface area (Å²) in [4.78, 5) is 23.7. The van der Waals surface area contributed by atoms with Crippen LogP contribution in [0.2, 0.25) is 0 Å². The lowest BCUT2D eigenvalue weighted by molar-refractivity contribution is -0.149. The minimum Gasteiger partial charge on any atom is -0.455 e. The van der Waals surface area contributed by atoms with Crippen molar-refractivity contribution in [3.8, 4) is 0 Å². The number of esters is 1. The summed E-state index contributed by atoms with van der Waals surface area (Å²) in [6.45, 7) is 0. The molecule has 1 saturated carbocycles. The van der Waals surface area contributed by atoms with E-state index < -0.39 is 11.9 Å². The van der Waals surface area contributed by atoms with E-state index in [1.165, 1.54) is 32.1 Å². The molecule has 20 heavy (non-hydrogen) atoms. The van der Waals surface area contributed by atoms with Gasteiger partial charge in [-0.15, -0.1) is 0 Å². The Morgan fingerprint density at radius 2 is 1.70 bits per heavy atom. The first-order chi connectivity index (χ1) is 9.75. The van der Waals surface area contributed by atoms with Crippen LogP contribution in [-0.2, 0) is 14.3 Å². The first kappa shape index (κ1) is 13.3. The highest BCUT2D eigenvalue weighted by molar-refractivity contribution is 6.37. The zero-order valence-corrected chi connectivity index (χ0v) is 11.6. The SMILES string of the molecule is O=C1O[C@H](CC2CCCCC2)[C@@H](c2ccccc2)C1=O. The van der Waals surface area contributed by atoms with Crippen molar-refractivity contribution in [1.82, 2.24) is 0 Å². The fourth-order valence-corrected chi connectivity index (χ4v) is 3.52. The highest BCUT2D eigenvalue weighted by atomic mass is 16.6. The fourth-order valence-electron chi connectivity index (χ4n) is 3.52. The molecule has 1 aromatic rings. The monoisotopic (exact) mass is 272 g/mol. The van der Waals surface area contributed by atoms with Crippen molar-refractivity contribution in [2.24, 2.45) is 5.92 Å². The van der Waals surface area contributed by atoms with Crippen molar-refractivity contribution in [3.05, 3.63) is 35.9 Å². The minimum atomic E-state index is -0.653. The largest absolute Gasteiger partial charge is 0.455 e. The number of hydrogen-bond donors (Lipinski definition) is 0. The maximum absolute atomic E-state index is 12.1. The van der Waals surface area contributed by atoms with E-state index >= 15 is 0 Å². The highest BCUT2D eigenvalue weighted by Crippen LogP contribution is 2.36. The molecule has 1 aliphatic heterocycles. The maximum Gasteiger partial charge on any atom is 0.375 e. The zero-order chi connectivity index (χ0) is 13.9. The van der Waals surface area contributed by atoms with Gasteiger partial charge < -0.3 is 4.74 Å². The number of ketones is 1. The molecule has 0 amide bonds. The van der Waals surface area contributed by atoms with Crippen molar-refractivity contribution >= 4 is 11.8 Å². The van der Waals surface area contributed by atoms with Crippen LogP contribution in [0.4, 0.5) is 0 Å². The van der Waals surface area contributed by atoms with E-state index in [0.29, 0.717) is 5.92 Å². The summed E-state index contributed by atoms with van der Waals surface area (Å²) in [5, 5.41) is 0. The van der Waals surface area contributed by atoms with Gasteiger partial charge in [0, 0.05) is 0 Å². The average molecular weight is 272 g/mol. The number of carbonyl (C=O) groups is 2. The molecular weight excluding hydrogens is 252 g/mol. The Labute approximate surface area is 119 Å². The third-order valence-electron chi connectivity index (χ3n) is 4.56. The smallest absolute Gasteiger partial charge is 0.375 e. The van der Waals surface area contributed by atoms with Gasteiger partial charge in [-0.25, -0.2) is 4.79 Å². The summed E-state index contributed by atoms with van der Waals surface area (Å²) >= 11 is 0. The molecule has 106 valence electrons. The number of benzene rings is 1. The Morgan fingerprint density at radius 1 is 1.00 bits per heavy atom. The van der Waals surface area contributed by atoms with Gasteiger partial charge in [-0.1, -0.05) is 62.4 Å². The van der Waals surface area contributed by atoms with Crippen LogP contribution in [0.5, 0.6) is 0 Å². The molecule has 1 aromatic carbocycles. The van der Waals surface area contributed by atoms with Gasteiger partial charge in [0.1, 0.15) is 6.10 Å². The number of carbonyl (C=O) groups excluding carboxylic acids is 2. The molecule has 0 aromatic heterocycles. The van der Waals surface area contributed by atoms with Gasteiger partial charge in [0.25, 0.3) is 5.78 Å². The maximum atomic E-state index is 12.1. The van der Waals surface area contributed by atoms with Crippen LogP contribution in [0.3, 0.4) is 0 Å². The van der Waals surface area contributed by atoms with Crippen molar-refractivity contribution in [1.29, 1.82) is 0 Å². The van der Waals surface area contributed by atoms with E-state index in [2.05, 4.69) is 0 Å². The van der Waals surface area contributed by atoms with E-state index in [4.69, 9.17) is 4.74 Å². The van der Waals surface area contributed by atoms with Crippen LogP contribution in [0, 0.1) is 5.92 Å². The summed E-state index contributed by atoms with van der Waals surface area (Å²) < 4.78 is 5.35. The Bertz CT molecular complexity index is 488. The van der Waals surface area contributed by atoms with E-state index in [1.807, 2.05) is 30.3 Å². The molecule has 1 saturated heterocycles. The van der Waals surface area contributed by atoms with Crippen LogP contribution in [0.25, 0.3) is 0 Å². The molecule has 2 aliphatic rings. The number of ether oxygens (including phenoxy) is 1. The van der Waals surface area contributed by atoms with Gasteiger partial charge in [0.05, 0.1) is 5.92 Å². The van der Waals surface area contributed by atoms with E-state index in [-0.39, 0.29) is 11.9 Å². The van der Waals surface area contributed by atoms with Crippen LogP contribution < -0.4 is 0 Å². The Kier molecular flexibility index (Phi) is 3.86. The summed E-state index contributed by atoms with van der Waals surface area (Å²) in [6.07, 6.45) is 6.79. The highest BCUT2D eigenvalue weighted by Gasteiger charge is 2.44. The second-order valence-electron chi connectivity index (χ2n) is 5.94. The molecule has 0 unspecified atom stereocenters. The van der Waals surface area contributed by atoms with Gasteiger partial charge in [0.15, 0.2) is 0 Å². The van der Waals surface area contributed by atoms with Crippen LogP contribution in [0.15, 0.2) is 30.3 Å². The van der Waals surface area contributed by atoms with E-state index in [1.54, 1.807) is 0 Å². The van der Waals surface area contributed by atoms with E-state index in [0.717, 1.165) is 12.0 Å². The van der Waals surface area contributed by atoms with Crippen molar-refractivity contribution in [2.75, 3.05) is 0 Å². The predicted octanol–water partition coefficient (Wildman–Crippen LogP) is 3.24. The lowest BCUT2D eigenvalue weighted by Gasteiger charge is -2.25. The van der Waals surface area contributed by atoms with Gasteiger partial charge in [0.2, 0.25) is 0 Å². The van der Waals surface area contributed by atoms with Crippen molar-refractivity contribution in [3.63, 3.8) is 0 Å². The van der Waals surface area contributed by atoms with Gasteiger partial charge >= 0.3 is 5.97 Å². The Hall–Kier alpha value is -1.64. The van der Waals surface area contributed by atoms with Crippen LogP contribution in [0.1, 0.15) is 50.0 Å². The Balaban J connectivity index is 1.77. The lowest BCUT2D eigenvalue weighted by atomic mass is 9.81. The standard InChI is InChI=1S/C17H20O3/c18-16-15(13-9-5-2-6-10-13)14(20-17(16)19)11-12-7-3-1-4-8-12/h2,5-6,9-10,12,14-15H,1,3-4,7-8,11H2/t14-,15-/m1/s1. The molecule has 0 N–H and O–H groups in total. The molecule has 0 bridgehead atoms. The molecule has 3 rings (SSSR count). The number of rotatable bonds is 3. The lowest BCUT2D eigenvalue weighted by Crippen LogP contribution is -2.22. The molecule has 3 nitrogen and oxygen atoms in total. The second-order valence-corrected chi connectivity index (χ2v) is 5.94. The molecule has 1 aliphatic carbocycles. The number of hydrogen-bond acceptors (Lipinski definition) is 3. The van der Waals surface area contributed by atoms with Crippen molar-refractivity contribution in [2.45, 2.75) is 50.5 Å². The Morgan fingerprint density at radius 3 is 2.40 bits per heavy atom. The molecule has 1 heterocycles. The first-order valence-corrected chi connectivity index (χ1v) is 7.55. The summed E-state index contributed by atoms with van der Waals surface area (Å²) in [5.74, 6) is -0.832. The molecule has 3 heteroatoms.